The predicted octanol–water partition coefficient (Wildman–Crippen LogP) is 1.79. The fraction of sp³-hybridized carbons (Fsp3) is 0.588. The molecule has 24 heavy (non-hydrogen) atoms. The molecule has 1 fully saturated rings. The van der Waals surface area contributed by atoms with Crippen LogP contribution in [0.5, 0.6) is 11.5 Å². The van der Waals surface area contributed by atoms with Crippen LogP contribution in [-0.4, -0.2) is 50.7 Å². The third kappa shape index (κ3) is 5.85. The zero-order valence-electron chi connectivity index (χ0n) is 14.1. The predicted molar refractivity (Wildman–Crippen MR) is 94.7 cm³/mol. The number of amides is 1. The van der Waals surface area contributed by atoms with Gasteiger partial charge in [0.05, 0.1) is 12.1 Å². The Bertz CT molecular complexity index is 548. The summed E-state index contributed by atoms with van der Waals surface area (Å²) in [7, 11) is 1.54. The Balaban J connectivity index is 1.85. The number of likely N-dealkylation sites (tertiary alicyclic amines) is 1. The molecule has 0 saturated carbocycles. The lowest BCUT2D eigenvalue weighted by molar-refractivity contribution is -0.119. The molecular weight excluding hydrogens is 330 g/mol. The van der Waals surface area contributed by atoms with Gasteiger partial charge in [0.2, 0.25) is 0 Å². The van der Waals surface area contributed by atoms with Crippen LogP contribution in [0.1, 0.15) is 24.8 Å². The average Bonchev–Trinajstić information content (AvgIpc) is 2.58. The fourth-order valence-electron chi connectivity index (χ4n) is 2.81. The highest BCUT2D eigenvalue weighted by atomic mass is 35.5. The van der Waals surface area contributed by atoms with E-state index in [1.807, 2.05) is 12.1 Å². The second kappa shape index (κ2) is 9.71. The highest BCUT2D eigenvalue weighted by Gasteiger charge is 2.13. The molecule has 0 atom stereocenters. The van der Waals surface area contributed by atoms with E-state index in [-0.39, 0.29) is 6.61 Å². The smallest absolute Gasteiger partial charge is 0.255 e. The third-order valence-corrected chi connectivity index (χ3v) is 4.31. The number of methoxy groups -OCH3 is 1. The van der Waals surface area contributed by atoms with Gasteiger partial charge in [-0.1, -0.05) is 18.0 Å². The SMILES string of the molecule is COc1cc(CNCCN2CCCCC2)cc(Cl)c1OCC(N)=O. The molecule has 1 aliphatic rings. The van der Waals surface area contributed by atoms with E-state index in [0.717, 1.165) is 18.7 Å². The first-order valence-electron chi connectivity index (χ1n) is 8.30. The first kappa shape index (κ1) is 18.8. The fourth-order valence-corrected chi connectivity index (χ4v) is 3.10. The molecule has 0 bridgehead atoms. The molecule has 0 aliphatic carbocycles. The van der Waals surface area contributed by atoms with Crippen LogP contribution < -0.4 is 20.5 Å². The van der Waals surface area contributed by atoms with Gasteiger partial charge in [-0.25, -0.2) is 0 Å². The molecule has 1 saturated heterocycles. The number of ether oxygens (including phenoxy) is 2. The number of primary amides is 1. The van der Waals surface area contributed by atoms with Crippen molar-refractivity contribution in [2.75, 3.05) is 39.9 Å². The summed E-state index contributed by atoms with van der Waals surface area (Å²) >= 11 is 6.24. The second-order valence-corrected chi connectivity index (χ2v) is 6.35. The molecule has 1 aliphatic heterocycles. The van der Waals surface area contributed by atoms with Crippen molar-refractivity contribution < 1.29 is 14.3 Å². The van der Waals surface area contributed by atoms with E-state index in [1.165, 1.54) is 39.5 Å². The lowest BCUT2D eigenvalue weighted by Gasteiger charge is -2.26. The molecule has 2 rings (SSSR count). The van der Waals surface area contributed by atoms with Crippen molar-refractivity contribution in [1.82, 2.24) is 10.2 Å². The number of benzene rings is 1. The summed E-state index contributed by atoms with van der Waals surface area (Å²) in [6.07, 6.45) is 3.96. The van der Waals surface area contributed by atoms with Crippen LogP contribution in [0.15, 0.2) is 12.1 Å². The largest absolute Gasteiger partial charge is 0.493 e. The molecule has 1 heterocycles. The van der Waals surface area contributed by atoms with Gasteiger partial charge < -0.3 is 25.4 Å². The van der Waals surface area contributed by atoms with Crippen molar-refractivity contribution in [3.05, 3.63) is 22.7 Å². The zero-order valence-corrected chi connectivity index (χ0v) is 14.9. The van der Waals surface area contributed by atoms with Crippen LogP contribution >= 0.6 is 11.6 Å². The summed E-state index contributed by atoms with van der Waals surface area (Å²) in [5, 5.41) is 3.83. The van der Waals surface area contributed by atoms with Crippen molar-refractivity contribution in [2.24, 2.45) is 5.73 Å². The van der Waals surface area contributed by atoms with Gasteiger partial charge in [0, 0.05) is 19.6 Å². The van der Waals surface area contributed by atoms with Crippen LogP contribution in [0.25, 0.3) is 0 Å². The minimum atomic E-state index is -0.559. The number of hydrogen-bond donors (Lipinski definition) is 2. The number of carbonyl (C=O) groups excluding carboxylic acids is 1. The van der Waals surface area contributed by atoms with Gasteiger partial charge >= 0.3 is 0 Å². The maximum absolute atomic E-state index is 10.9. The number of hydrogen-bond acceptors (Lipinski definition) is 5. The van der Waals surface area contributed by atoms with Gasteiger partial charge in [0.1, 0.15) is 0 Å². The van der Waals surface area contributed by atoms with Gasteiger partial charge in [-0.05, 0) is 43.6 Å². The number of halogens is 1. The van der Waals surface area contributed by atoms with Crippen molar-refractivity contribution >= 4 is 17.5 Å². The molecule has 0 unspecified atom stereocenters. The third-order valence-electron chi connectivity index (χ3n) is 4.03. The molecule has 1 aromatic carbocycles. The van der Waals surface area contributed by atoms with E-state index in [1.54, 1.807) is 0 Å². The lowest BCUT2D eigenvalue weighted by atomic mass is 10.1. The minimum Gasteiger partial charge on any atom is -0.493 e. The van der Waals surface area contributed by atoms with E-state index < -0.39 is 5.91 Å². The highest BCUT2D eigenvalue weighted by Crippen LogP contribution is 2.36. The summed E-state index contributed by atoms with van der Waals surface area (Å²) in [6, 6.07) is 3.67. The van der Waals surface area contributed by atoms with E-state index in [0.29, 0.717) is 23.1 Å². The molecule has 0 spiro atoms. The molecule has 0 aromatic heterocycles. The summed E-state index contributed by atoms with van der Waals surface area (Å²) < 4.78 is 10.6. The summed E-state index contributed by atoms with van der Waals surface area (Å²) in [6.45, 7) is 4.86. The van der Waals surface area contributed by atoms with Gasteiger partial charge in [-0.3, -0.25) is 4.79 Å². The van der Waals surface area contributed by atoms with Gasteiger partial charge in [0.25, 0.3) is 5.91 Å². The second-order valence-electron chi connectivity index (χ2n) is 5.94. The Morgan fingerprint density at radius 3 is 2.75 bits per heavy atom. The Morgan fingerprint density at radius 2 is 2.08 bits per heavy atom. The first-order chi connectivity index (χ1) is 11.6. The number of piperidine rings is 1. The number of carbonyl (C=O) groups is 1. The van der Waals surface area contributed by atoms with Crippen LogP contribution in [0.2, 0.25) is 5.02 Å². The van der Waals surface area contributed by atoms with Gasteiger partial charge in [0.15, 0.2) is 18.1 Å². The van der Waals surface area contributed by atoms with Crippen LogP contribution in [0.3, 0.4) is 0 Å². The molecule has 134 valence electrons. The number of nitrogens with zero attached hydrogens (tertiary/aromatic N) is 1. The Morgan fingerprint density at radius 1 is 1.33 bits per heavy atom. The molecule has 1 amide bonds. The molecule has 6 nitrogen and oxygen atoms in total. The van der Waals surface area contributed by atoms with E-state index in [9.17, 15) is 4.79 Å². The van der Waals surface area contributed by atoms with E-state index in [2.05, 4.69) is 10.2 Å². The number of nitrogens with two attached hydrogens (primary N) is 1. The van der Waals surface area contributed by atoms with E-state index >= 15 is 0 Å². The van der Waals surface area contributed by atoms with E-state index in [4.69, 9.17) is 26.8 Å². The normalized spacial score (nSPS) is 15.2. The molecular formula is C17H26ClN3O3. The lowest BCUT2D eigenvalue weighted by Crippen LogP contribution is -2.35. The Hall–Kier alpha value is -1.50. The van der Waals surface area contributed by atoms with Crippen LogP contribution in [0.4, 0.5) is 0 Å². The van der Waals surface area contributed by atoms with Crippen LogP contribution in [0, 0.1) is 0 Å². The Kier molecular flexibility index (Phi) is 7.62. The van der Waals surface area contributed by atoms with Crippen molar-refractivity contribution in [3.63, 3.8) is 0 Å². The molecule has 3 N–H and O–H groups in total. The molecule has 0 radical (unpaired) electrons. The monoisotopic (exact) mass is 355 g/mol. The topological polar surface area (TPSA) is 76.8 Å². The quantitative estimate of drug-likeness (QED) is 0.660. The summed E-state index contributed by atoms with van der Waals surface area (Å²) in [5.74, 6) is 0.281. The maximum atomic E-state index is 10.9. The zero-order chi connectivity index (χ0) is 17.4. The van der Waals surface area contributed by atoms with Crippen molar-refractivity contribution in [2.45, 2.75) is 25.8 Å². The van der Waals surface area contributed by atoms with Crippen LogP contribution in [-0.2, 0) is 11.3 Å². The Labute approximate surface area is 148 Å². The van der Waals surface area contributed by atoms with Gasteiger partial charge in [-0.15, -0.1) is 0 Å². The summed E-state index contributed by atoms with van der Waals surface area (Å²) in [4.78, 5) is 13.3. The summed E-state index contributed by atoms with van der Waals surface area (Å²) in [5.41, 5.74) is 6.09. The molecule has 7 heteroatoms. The number of nitrogens with one attached hydrogen (secondary N) is 1. The average molecular weight is 356 g/mol. The number of rotatable bonds is 9. The van der Waals surface area contributed by atoms with Crippen molar-refractivity contribution in [3.8, 4) is 11.5 Å². The minimum absolute atomic E-state index is 0.233. The van der Waals surface area contributed by atoms with Gasteiger partial charge in [-0.2, -0.15) is 0 Å². The maximum Gasteiger partial charge on any atom is 0.255 e. The highest BCUT2D eigenvalue weighted by molar-refractivity contribution is 6.32. The van der Waals surface area contributed by atoms with Crippen molar-refractivity contribution in [1.29, 1.82) is 0 Å². The first-order valence-corrected chi connectivity index (χ1v) is 8.68. The standard InChI is InChI=1S/C17H26ClN3O3/c1-23-15-10-13(9-14(18)17(15)24-12-16(19)22)11-20-5-8-21-6-3-2-4-7-21/h9-10,20H,2-8,11-12H2,1H3,(H2,19,22). The molecule has 1 aromatic rings.